The first-order valence-electron chi connectivity index (χ1n) is 7.52. The lowest BCUT2D eigenvalue weighted by atomic mass is 9.96. The maximum Gasteiger partial charge on any atom is 0.310 e. The fourth-order valence-corrected chi connectivity index (χ4v) is 2.36. The third-order valence-corrected chi connectivity index (χ3v) is 3.74. The van der Waals surface area contributed by atoms with Crippen molar-refractivity contribution >= 4 is 11.9 Å². The molecule has 1 heterocycles. The average Bonchev–Trinajstić information content (AvgIpc) is 2.59. The lowest BCUT2D eigenvalue weighted by Gasteiger charge is -2.16. The number of amides is 1. The topological polar surface area (TPSA) is 68.3 Å². The Morgan fingerprint density at radius 1 is 1.29 bits per heavy atom. The van der Waals surface area contributed by atoms with Crippen LogP contribution in [0.2, 0.25) is 0 Å². The summed E-state index contributed by atoms with van der Waals surface area (Å²) >= 11 is 0. The molecule has 2 rings (SSSR count). The molecule has 0 fully saturated rings. The summed E-state index contributed by atoms with van der Waals surface area (Å²) in [6.45, 7) is 2.05. The Bertz CT molecular complexity index is 734. The van der Waals surface area contributed by atoms with Crippen molar-refractivity contribution in [3.8, 4) is 0 Å². The molecule has 0 bridgehead atoms. The van der Waals surface area contributed by atoms with Gasteiger partial charge in [0.1, 0.15) is 5.82 Å². The van der Waals surface area contributed by atoms with E-state index in [1.165, 1.54) is 13.3 Å². The summed E-state index contributed by atoms with van der Waals surface area (Å²) in [6, 6.07) is 8.81. The van der Waals surface area contributed by atoms with Crippen LogP contribution in [-0.4, -0.2) is 30.5 Å². The molecule has 1 aromatic carbocycles. The molecule has 0 aliphatic heterocycles. The number of benzene rings is 1. The molecule has 1 atom stereocenters. The summed E-state index contributed by atoms with van der Waals surface area (Å²) in [5, 5.41) is 2.63. The molecular weight excluding hydrogens is 311 g/mol. The van der Waals surface area contributed by atoms with Gasteiger partial charge in [0.25, 0.3) is 5.91 Å². The summed E-state index contributed by atoms with van der Waals surface area (Å²) in [5.41, 5.74) is 2.18. The van der Waals surface area contributed by atoms with Crippen LogP contribution >= 0.6 is 0 Å². The highest BCUT2D eigenvalue weighted by Crippen LogP contribution is 2.14. The molecule has 6 heteroatoms. The lowest BCUT2D eigenvalue weighted by Crippen LogP contribution is -2.35. The number of halogens is 1. The highest BCUT2D eigenvalue weighted by Gasteiger charge is 2.21. The van der Waals surface area contributed by atoms with Gasteiger partial charge >= 0.3 is 5.97 Å². The molecule has 0 radical (unpaired) electrons. The zero-order valence-corrected chi connectivity index (χ0v) is 13.6. The molecule has 24 heavy (non-hydrogen) atoms. The van der Waals surface area contributed by atoms with Gasteiger partial charge in [0.2, 0.25) is 0 Å². The second kappa shape index (κ2) is 8.19. The van der Waals surface area contributed by atoms with Crippen LogP contribution in [0.3, 0.4) is 0 Å². The van der Waals surface area contributed by atoms with Crippen molar-refractivity contribution in [1.29, 1.82) is 0 Å². The van der Waals surface area contributed by atoms with Gasteiger partial charge < -0.3 is 10.1 Å². The van der Waals surface area contributed by atoms with E-state index < -0.39 is 23.6 Å². The summed E-state index contributed by atoms with van der Waals surface area (Å²) in [7, 11) is 1.31. The zero-order chi connectivity index (χ0) is 17.5. The van der Waals surface area contributed by atoms with Crippen LogP contribution in [0.15, 0.2) is 42.7 Å². The second-order valence-corrected chi connectivity index (χ2v) is 5.45. The van der Waals surface area contributed by atoms with E-state index in [-0.39, 0.29) is 12.1 Å². The Hall–Kier alpha value is -2.76. The highest BCUT2D eigenvalue weighted by atomic mass is 19.1. The molecule has 1 amide bonds. The normalized spacial score (nSPS) is 11.6. The number of aryl methyl sites for hydroxylation is 1. The Morgan fingerprint density at radius 3 is 2.71 bits per heavy atom. The summed E-state index contributed by atoms with van der Waals surface area (Å²) in [5.74, 6) is -2.01. The van der Waals surface area contributed by atoms with E-state index >= 15 is 0 Å². The Balaban J connectivity index is 2.05. The summed E-state index contributed by atoms with van der Waals surface area (Å²) in [6.07, 6.45) is 2.74. The molecule has 0 unspecified atom stereocenters. The third-order valence-electron chi connectivity index (χ3n) is 3.74. The number of carbonyl (C=O) groups excluding carboxylic acids is 2. The van der Waals surface area contributed by atoms with Crippen LogP contribution in [0, 0.1) is 18.7 Å². The minimum atomic E-state index is -0.591. The maximum atomic E-state index is 13.1. The van der Waals surface area contributed by atoms with Crippen LogP contribution in [0.4, 0.5) is 4.39 Å². The maximum absolute atomic E-state index is 13.1. The fourth-order valence-electron chi connectivity index (χ4n) is 2.36. The number of nitrogens with one attached hydrogen (secondary N) is 1. The van der Waals surface area contributed by atoms with Crippen molar-refractivity contribution < 1.29 is 18.7 Å². The van der Waals surface area contributed by atoms with Crippen molar-refractivity contribution in [2.45, 2.75) is 13.3 Å². The van der Waals surface area contributed by atoms with Gasteiger partial charge in [0.05, 0.1) is 24.8 Å². The van der Waals surface area contributed by atoms with Gasteiger partial charge in [-0.1, -0.05) is 24.3 Å². The predicted octanol–water partition coefficient (Wildman–Crippen LogP) is 2.29. The van der Waals surface area contributed by atoms with E-state index in [9.17, 15) is 14.0 Å². The van der Waals surface area contributed by atoms with Gasteiger partial charge in [-0.3, -0.25) is 14.6 Å². The van der Waals surface area contributed by atoms with Crippen molar-refractivity contribution in [2.24, 2.45) is 5.92 Å². The number of hydrogen-bond acceptors (Lipinski definition) is 4. The molecule has 0 aliphatic rings. The monoisotopic (exact) mass is 330 g/mol. The van der Waals surface area contributed by atoms with Crippen LogP contribution in [0.5, 0.6) is 0 Å². The van der Waals surface area contributed by atoms with E-state index in [2.05, 4.69) is 10.3 Å². The first kappa shape index (κ1) is 17.6. The van der Waals surface area contributed by atoms with E-state index in [1.54, 1.807) is 0 Å². The lowest BCUT2D eigenvalue weighted by molar-refractivity contribution is -0.145. The number of nitrogens with zero attached hydrogens (tertiary/aromatic N) is 1. The third kappa shape index (κ3) is 4.62. The van der Waals surface area contributed by atoms with Crippen LogP contribution in [-0.2, 0) is 16.0 Å². The minimum Gasteiger partial charge on any atom is -0.469 e. The first-order chi connectivity index (χ1) is 11.5. The van der Waals surface area contributed by atoms with Gasteiger partial charge in [-0.15, -0.1) is 0 Å². The number of carbonyl (C=O) groups is 2. The fraction of sp³-hybridized carbons (Fsp3) is 0.278. The number of hydrogen-bond donors (Lipinski definition) is 1. The molecule has 1 aromatic heterocycles. The van der Waals surface area contributed by atoms with Gasteiger partial charge in [0, 0.05) is 12.7 Å². The smallest absolute Gasteiger partial charge is 0.310 e. The van der Waals surface area contributed by atoms with Crippen LogP contribution < -0.4 is 5.32 Å². The molecule has 2 aromatic rings. The molecule has 0 aliphatic carbocycles. The van der Waals surface area contributed by atoms with E-state index in [0.717, 1.165) is 23.4 Å². The molecule has 1 N–H and O–H groups in total. The Kier molecular flexibility index (Phi) is 6.01. The first-order valence-corrected chi connectivity index (χ1v) is 7.52. The van der Waals surface area contributed by atoms with Crippen molar-refractivity contribution in [2.75, 3.05) is 13.7 Å². The SMILES string of the molecule is COC(=O)[C@@H](CNC(=O)c1cncc(F)c1)Cc1ccccc1C. The number of methoxy groups -OCH3 is 1. The standard InChI is InChI=1S/C18H19FN2O3/c1-12-5-3-4-6-13(12)7-15(18(23)24-2)10-21-17(22)14-8-16(19)11-20-9-14/h3-6,8-9,11,15H,7,10H2,1-2H3,(H,21,22)/t15-/m1/s1. The molecule has 0 saturated carbocycles. The van der Waals surface area contributed by atoms with Crippen LogP contribution in [0.25, 0.3) is 0 Å². The number of esters is 1. The van der Waals surface area contributed by atoms with Crippen molar-refractivity contribution in [3.05, 3.63) is 65.2 Å². The second-order valence-electron chi connectivity index (χ2n) is 5.45. The van der Waals surface area contributed by atoms with Crippen LogP contribution in [0.1, 0.15) is 21.5 Å². The van der Waals surface area contributed by atoms with Gasteiger partial charge in [0.15, 0.2) is 0 Å². The molecule has 5 nitrogen and oxygen atoms in total. The van der Waals surface area contributed by atoms with Crippen molar-refractivity contribution in [3.63, 3.8) is 0 Å². The predicted molar refractivity (Wildman–Crippen MR) is 86.9 cm³/mol. The summed E-state index contributed by atoms with van der Waals surface area (Å²) < 4.78 is 17.9. The highest BCUT2D eigenvalue weighted by molar-refractivity contribution is 5.94. The molecular formula is C18H19FN2O3. The van der Waals surface area contributed by atoms with E-state index in [1.807, 2.05) is 31.2 Å². The Morgan fingerprint density at radius 2 is 2.04 bits per heavy atom. The minimum absolute atomic E-state index is 0.0936. The van der Waals surface area contributed by atoms with Gasteiger partial charge in [-0.25, -0.2) is 4.39 Å². The largest absolute Gasteiger partial charge is 0.469 e. The quantitative estimate of drug-likeness (QED) is 0.825. The summed E-state index contributed by atoms with van der Waals surface area (Å²) in [4.78, 5) is 27.7. The Labute approximate surface area is 139 Å². The molecule has 0 saturated heterocycles. The van der Waals surface area contributed by atoms with Crippen molar-refractivity contribution in [1.82, 2.24) is 10.3 Å². The average molecular weight is 330 g/mol. The van der Waals surface area contributed by atoms with Gasteiger partial charge in [-0.05, 0) is 30.5 Å². The number of pyridine rings is 1. The zero-order valence-electron chi connectivity index (χ0n) is 13.6. The molecule has 126 valence electrons. The van der Waals surface area contributed by atoms with E-state index in [4.69, 9.17) is 4.74 Å². The van der Waals surface area contributed by atoms with Gasteiger partial charge in [-0.2, -0.15) is 0 Å². The van der Waals surface area contributed by atoms with E-state index in [0.29, 0.717) is 6.42 Å². The number of aromatic nitrogens is 1. The number of ether oxygens (including phenoxy) is 1. The number of rotatable bonds is 6. The molecule has 0 spiro atoms.